The Kier molecular flexibility index (Phi) is 5.47. The third-order valence-corrected chi connectivity index (χ3v) is 5.28. The molecule has 2 aromatic carbocycles. The fraction of sp³-hybridized carbons (Fsp3) is 0.158. The number of nitrogens with one attached hydrogen (secondary N) is 1. The van der Waals surface area contributed by atoms with Crippen LogP contribution in [0.3, 0.4) is 0 Å². The normalized spacial score (nSPS) is 10.6. The van der Waals surface area contributed by atoms with Gasteiger partial charge < -0.3 is 9.73 Å². The van der Waals surface area contributed by atoms with E-state index in [9.17, 15) is 4.79 Å². The van der Waals surface area contributed by atoms with Crippen LogP contribution in [0, 0.1) is 18.3 Å². The van der Waals surface area contributed by atoms with Crippen molar-refractivity contribution in [1.29, 1.82) is 5.26 Å². The molecule has 3 aromatic rings. The van der Waals surface area contributed by atoms with Crippen molar-refractivity contribution in [1.82, 2.24) is 0 Å². The Labute approximate surface area is 158 Å². The van der Waals surface area contributed by atoms with Crippen LogP contribution in [0.2, 0.25) is 0 Å². The standard InChI is InChI=1S/C19H15BrN2O2S/c1-12-14-11-13(20)7-8-16(14)24-18(12)19(23)22-15-5-2-3-6-17(15)25-10-4-9-21/h2-3,5-8,11H,4,10H2,1H3,(H,22,23). The zero-order valence-corrected chi connectivity index (χ0v) is 15.9. The van der Waals surface area contributed by atoms with Gasteiger partial charge in [0.05, 0.1) is 11.8 Å². The Bertz CT molecular complexity index is 975. The molecule has 0 saturated carbocycles. The fourth-order valence-electron chi connectivity index (χ4n) is 2.49. The summed E-state index contributed by atoms with van der Waals surface area (Å²) in [5, 5.41) is 12.5. The first-order valence-corrected chi connectivity index (χ1v) is 9.47. The van der Waals surface area contributed by atoms with E-state index in [-0.39, 0.29) is 5.91 Å². The van der Waals surface area contributed by atoms with Crippen molar-refractivity contribution < 1.29 is 9.21 Å². The molecule has 1 heterocycles. The van der Waals surface area contributed by atoms with Crippen LogP contribution in [0.25, 0.3) is 11.0 Å². The van der Waals surface area contributed by atoms with Gasteiger partial charge in [-0.3, -0.25) is 4.79 Å². The molecule has 0 aliphatic rings. The highest BCUT2D eigenvalue weighted by atomic mass is 79.9. The highest BCUT2D eigenvalue weighted by Crippen LogP contribution is 2.31. The maximum Gasteiger partial charge on any atom is 0.291 e. The predicted molar refractivity (Wildman–Crippen MR) is 104 cm³/mol. The number of halogens is 1. The second-order valence-electron chi connectivity index (χ2n) is 5.40. The lowest BCUT2D eigenvalue weighted by Crippen LogP contribution is -2.12. The van der Waals surface area contributed by atoms with Gasteiger partial charge in [0.15, 0.2) is 5.76 Å². The highest BCUT2D eigenvalue weighted by molar-refractivity contribution is 9.10. The Morgan fingerprint density at radius 2 is 2.12 bits per heavy atom. The Morgan fingerprint density at radius 3 is 2.92 bits per heavy atom. The molecule has 0 atom stereocenters. The Balaban J connectivity index is 1.86. The molecule has 0 aliphatic carbocycles. The van der Waals surface area contributed by atoms with Crippen molar-refractivity contribution in [3.63, 3.8) is 0 Å². The topological polar surface area (TPSA) is 66.0 Å². The average Bonchev–Trinajstić information content (AvgIpc) is 2.93. The van der Waals surface area contributed by atoms with E-state index in [0.717, 1.165) is 26.0 Å². The number of benzene rings is 2. The maximum absolute atomic E-state index is 12.7. The molecule has 0 unspecified atom stereocenters. The number of para-hydroxylation sites is 1. The minimum atomic E-state index is -0.279. The lowest BCUT2D eigenvalue weighted by Gasteiger charge is -2.09. The molecule has 25 heavy (non-hydrogen) atoms. The van der Waals surface area contributed by atoms with Crippen molar-refractivity contribution in [2.24, 2.45) is 0 Å². The average molecular weight is 415 g/mol. The second-order valence-corrected chi connectivity index (χ2v) is 7.46. The minimum Gasteiger partial charge on any atom is -0.451 e. The van der Waals surface area contributed by atoms with Crippen molar-refractivity contribution in [2.75, 3.05) is 11.1 Å². The van der Waals surface area contributed by atoms with E-state index in [2.05, 4.69) is 27.3 Å². The van der Waals surface area contributed by atoms with Gasteiger partial charge in [0.2, 0.25) is 0 Å². The van der Waals surface area contributed by atoms with Gasteiger partial charge in [0.1, 0.15) is 5.58 Å². The van der Waals surface area contributed by atoms with E-state index < -0.39 is 0 Å². The van der Waals surface area contributed by atoms with E-state index in [1.807, 2.05) is 49.4 Å². The van der Waals surface area contributed by atoms with Gasteiger partial charge >= 0.3 is 0 Å². The summed E-state index contributed by atoms with van der Waals surface area (Å²) in [4.78, 5) is 13.6. The zero-order chi connectivity index (χ0) is 17.8. The summed E-state index contributed by atoms with van der Waals surface area (Å²) in [5.41, 5.74) is 2.21. The second kappa shape index (κ2) is 7.77. The lowest BCUT2D eigenvalue weighted by atomic mass is 10.1. The van der Waals surface area contributed by atoms with Crippen molar-refractivity contribution in [3.8, 4) is 6.07 Å². The first-order chi connectivity index (χ1) is 12.1. The molecule has 0 bridgehead atoms. The number of hydrogen-bond donors (Lipinski definition) is 1. The van der Waals surface area contributed by atoms with Crippen LogP contribution in [0.1, 0.15) is 22.5 Å². The summed E-state index contributed by atoms with van der Waals surface area (Å²) >= 11 is 4.98. The highest BCUT2D eigenvalue weighted by Gasteiger charge is 2.19. The van der Waals surface area contributed by atoms with Gasteiger partial charge in [0, 0.05) is 32.5 Å². The number of hydrogen-bond acceptors (Lipinski definition) is 4. The zero-order valence-electron chi connectivity index (χ0n) is 13.5. The third-order valence-electron chi connectivity index (χ3n) is 3.71. The van der Waals surface area contributed by atoms with Crippen molar-refractivity contribution >= 4 is 50.3 Å². The summed E-state index contributed by atoms with van der Waals surface area (Å²) in [6.07, 6.45) is 0.463. The van der Waals surface area contributed by atoms with Crippen LogP contribution < -0.4 is 5.32 Å². The molecule has 0 radical (unpaired) electrons. The molecule has 1 amide bonds. The molecule has 1 aromatic heterocycles. The van der Waals surface area contributed by atoms with Gasteiger partial charge in [-0.15, -0.1) is 11.8 Å². The number of nitriles is 1. The number of amides is 1. The number of rotatable bonds is 5. The van der Waals surface area contributed by atoms with Crippen LogP contribution in [-0.2, 0) is 0 Å². The number of furan rings is 1. The summed E-state index contributed by atoms with van der Waals surface area (Å²) in [6, 6.07) is 15.3. The van der Waals surface area contributed by atoms with Gasteiger partial charge in [0.25, 0.3) is 5.91 Å². The maximum atomic E-state index is 12.7. The smallest absolute Gasteiger partial charge is 0.291 e. The van der Waals surface area contributed by atoms with Crippen LogP contribution >= 0.6 is 27.7 Å². The quantitative estimate of drug-likeness (QED) is 0.425. The number of carbonyl (C=O) groups excluding carboxylic acids is 1. The van der Waals surface area contributed by atoms with Gasteiger partial charge in [-0.2, -0.15) is 5.26 Å². The number of carbonyl (C=O) groups is 1. The summed E-state index contributed by atoms with van der Waals surface area (Å²) in [5.74, 6) is 0.712. The Hall–Kier alpha value is -2.23. The molecule has 0 saturated heterocycles. The number of aryl methyl sites for hydroxylation is 1. The monoisotopic (exact) mass is 414 g/mol. The number of nitrogens with zero attached hydrogens (tertiary/aromatic N) is 1. The number of fused-ring (bicyclic) bond motifs is 1. The molecule has 0 aliphatic heterocycles. The first-order valence-electron chi connectivity index (χ1n) is 7.69. The third kappa shape index (κ3) is 3.89. The van der Waals surface area contributed by atoms with E-state index in [1.54, 1.807) is 11.8 Å². The van der Waals surface area contributed by atoms with E-state index in [1.165, 1.54) is 0 Å². The van der Waals surface area contributed by atoms with Gasteiger partial charge in [-0.25, -0.2) is 0 Å². The van der Waals surface area contributed by atoms with Gasteiger partial charge in [-0.05, 0) is 37.3 Å². The fourth-order valence-corrected chi connectivity index (χ4v) is 3.71. The van der Waals surface area contributed by atoms with Gasteiger partial charge in [-0.1, -0.05) is 28.1 Å². The molecular formula is C19H15BrN2O2S. The molecule has 4 nitrogen and oxygen atoms in total. The SMILES string of the molecule is Cc1c(C(=O)Nc2ccccc2SCCC#N)oc2ccc(Br)cc12. The lowest BCUT2D eigenvalue weighted by molar-refractivity contribution is 0.0997. The van der Waals surface area contributed by atoms with Crippen LogP contribution in [-0.4, -0.2) is 11.7 Å². The minimum absolute atomic E-state index is 0.279. The molecule has 0 fully saturated rings. The first kappa shape index (κ1) is 17.6. The van der Waals surface area contributed by atoms with Crippen molar-refractivity contribution in [2.45, 2.75) is 18.2 Å². The molecule has 126 valence electrons. The van der Waals surface area contributed by atoms with E-state index in [0.29, 0.717) is 23.5 Å². The number of anilines is 1. The summed E-state index contributed by atoms with van der Waals surface area (Å²) in [7, 11) is 0. The predicted octanol–water partition coefficient (Wildman–Crippen LogP) is 5.76. The Morgan fingerprint density at radius 1 is 1.32 bits per heavy atom. The van der Waals surface area contributed by atoms with Crippen molar-refractivity contribution in [3.05, 3.63) is 58.3 Å². The number of thioether (sulfide) groups is 1. The molecule has 0 spiro atoms. The van der Waals surface area contributed by atoms with Crippen LogP contribution in [0.4, 0.5) is 5.69 Å². The summed E-state index contributed by atoms with van der Waals surface area (Å²) in [6.45, 7) is 1.88. The molecular weight excluding hydrogens is 400 g/mol. The molecule has 1 N–H and O–H groups in total. The van der Waals surface area contributed by atoms with E-state index >= 15 is 0 Å². The molecule has 3 rings (SSSR count). The largest absolute Gasteiger partial charge is 0.451 e. The van der Waals surface area contributed by atoms with Crippen LogP contribution in [0.15, 0.2) is 56.2 Å². The summed E-state index contributed by atoms with van der Waals surface area (Å²) < 4.78 is 6.68. The molecule has 6 heteroatoms. The van der Waals surface area contributed by atoms with E-state index in [4.69, 9.17) is 9.68 Å². The van der Waals surface area contributed by atoms with Crippen LogP contribution in [0.5, 0.6) is 0 Å².